The second-order valence-corrected chi connectivity index (χ2v) is 7.88. The van der Waals surface area contributed by atoms with Crippen LogP contribution >= 0.6 is 34.3 Å². The fourth-order valence-corrected chi connectivity index (χ4v) is 4.70. The molecule has 0 bridgehead atoms. The first-order valence-electron chi connectivity index (χ1n) is 7.51. The molecule has 7 heteroatoms. The van der Waals surface area contributed by atoms with Gasteiger partial charge in [-0.05, 0) is 18.6 Å². The molecule has 4 nitrogen and oxygen atoms in total. The smallest absolute Gasteiger partial charge is 0.269 e. The van der Waals surface area contributed by atoms with Gasteiger partial charge in [0.15, 0.2) is 0 Å². The maximum Gasteiger partial charge on any atom is 0.269 e. The average molecular weight is 386 g/mol. The van der Waals surface area contributed by atoms with Gasteiger partial charge >= 0.3 is 0 Å². The highest BCUT2D eigenvalue weighted by atomic mass is 35.5. The number of amides is 1. The molecule has 2 aromatic carbocycles. The van der Waals surface area contributed by atoms with E-state index < -0.39 is 0 Å². The van der Waals surface area contributed by atoms with Crippen LogP contribution in [0.4, 0.5) is 5.13 Å². The molecule has 4 rings (SSSR count). The van der Waals surface area contributed by atoms with Gasteiger partial charge in [0, 0.05) is 15.6 Å². The lowest BCUT2D eigenvalue weighted by Crippen LogP contribution is -2.10. The molecular weight excluding hydrogens is 374 g/mol. The zero-order chi connectivity index (χ0) is 17.4. The first-order valence-corrected chi connectivity index (χ1v) is 9.52. The lowest BCUT2D eigenvalue weighted by molar-refractivity contribution is 0.103. The molecule has 0 unspecified atom stereocenters. The molecule has 0 aliphatic heterocycles. The predicted octanol–water partition coefficient (Wildman–Crippen LogP) is 5.63. The van der Waals surface area contributed by atoms with E-state index in [2.05, 4.69) is 15.5 Å². The molecule has 25 heavy (non-hydrogen) atoms. The van der Waals surface area contributed by atoms with Crippen molar-refractivity contribution in [1.82, 2.24) is 10.2 Å². The Kier molecular flexibility index (Phi) is 4.25. The minimum Gasteiger partial charge on any atom is -0.296 e. The number of hydrogen-bond donors (Lipinski definition) is 1. The summed E-state index contributed by atoms with van der Waals surface area (Å²) in [6.07, 6.45) is 0. The molecule has 0 aliphatic carbocycles. The summed E-state index contributed by atoms with van der Waals surface area (Å²) in [7, 11) is 0. The minimum absolute atomic E-state index is 0.264. The third-order valence-corrected chi connectivity index (χ3v) is 6.20. The second kappa shape index (κ2) is 6.55. The molecule has 2 aromatic heterocycles. The van der Waals surface area contributed by atoms with E-state index in [4.69, 9.17) is 11.6 Å². The first-order chi connectivity index (χ1) is 12.1. The molecule has 0 saturated heterocycles. The maximum absolute atomic E-state index is 12.6. The van der Waals surface area contributed by atoms with Gasteiger partial charge in [-0.1, -0.05) is 65.4 Å². The topological polar surface area (TPSA) is 54.9 Å². The van der Waals surface area contributed by atoms with Crippen LogP contribution in [0.15, 0.2) is 48.5 Å². The van der Waals surface area contributed by atoms with E-state index in [-0.39, 0.29) is 5.91 Å². The number of hydrogen-bond acceptors (Lipinski definition) is 5. The summed E-state index contributed by atoms with van der Waals surface area (Å²) in [4.78, 5) is 13.1. The predicted molar refractivity (Wildman–Crippen MR) is 105 cm³/mol. The van der Waals surface area contributed by atoms with Crippen molar-refractivity contribution >= 4 is 55.4 Å². The standard InChI is InChI=1S/C18H12ClN3OS2/c1-10-7-8-12-13(9-10)24-15(14(12)19)16(23)20-18-22-21-17(25-18)11-5-3-2-4-6-11/h2-9H,1H3,(H,20,22,23). The summed E-state index contributed by atoms with van der Waals surface area (Å²) < 4.78 is 0.998. The van der Waals surface area contributed by atoms with Crippen molar-refractivity contribution in [1.29, 1.82) is 0 Å². The molecule has 1 amide bonds. The summed E-state index contributed by atoms with van der Waals surface area (Å²) >= 11 is 9.10. The van der Waals surface area contributed by atoms with Crippen molar-refractivity contribution in [3.05, 3.63) is 64.0 Å². The number of nitrogens with one attached hydrogen (secondary N) is 1. The quantitative estimate of drug-likeness (QED) is 0.497. The zero-order valence-corrected chi connectivity index (χ0v) is 15.5. The second-order valence-electron chi connectivity index (χ2n) is 5.48. The van der Waals surface area contributed by atoms with E-state index >= 15 is 0 Å². The highest BCUT2D eigenvalue weighted by Crippen LogP contribution is 2.36. The third-order valence-electron chi connectivity index (χ3n) is 3.66. The Morgan fingerprint density at radius 2 is 1.88 bits per heavy atom. The molecule has 0 fully saturated rings. The van der Waals surface area contributed by atoms with Crippen molar-refractivity contribution in [3.8, 4) is 10.6 Å². The number of thiophene rings is 1. The fraction of sp³-hybridized carbons (Fsp3) is 0.0556. The SMILES string of the molecule is Cc1ccc2c(Cl)c(C(=O)Nc3nnc(-c4ccccc4)s3)sc2c1. The normalized spacial score (nSPS) is 11.0. The summed E-state index contributed by atoms with van der Waals surface area (Å²) in [6, 6.07) is 15.7. The maximum atomic E-state index is 12.6. The molecule has 0 radical (unpaired) electrons. The van der Waals surface area contributed by atoms with Gasteiger partial charge in [0.25, 0.3) is 5.91 Å². The number of aryl methyl sites for hydroxylation is 1. The lowest BCUT2D eigenvalue weighted by atomic mass is 10.2. The molecule has 0 spiro atoms. The van der Waals surface area contributed by atoms with Gasteiger partial charge in [-0.15, -0.1) is 21.5 Å². The summed E-state index contributed by atoms with van der Waals surface area (Å²) in [6.45, 7) is 2.01. The molecule has 0 aliphatic rings. The Labute approximate surface area is 157 Å². The van der Waals surface area contributed by atoms with Crippen LogP contribution in [0.3, 0.4) is 0 Å². The number of nitrogens with zero attached hydrogens (tertiary/aromatic N) is 2. The largest absolute Gasteiger partial charge is 0.296 e. The van der Waals surface area contributed by atoms with Gasteiger partial charge in [-0.2, -0.15) is 0 Å². The Hall–Kier alpha value is -2.28. The number of carbonyl (C=O) groups is 1. The lowest BCUT2D eigenvalue weighted by Gasteiger charge is -1.98. The Bertz CT molecular complexity index is 1070. The van der Waals surface area contributed by atoms with Gasteiger partial charge in [0.2, 0.25) is 5.13 Å². The van der Waals surface area contributed by atoms with E-state index in [0.29, 0.717) is 15.0 Å². The number of benzene rings is 2. The molecule has 4 aromatic rings. The summed E-state index contributed by atoms with van der Waals surface area (Å²) in [5.41, 5.74) is 2.10. The number of fused-ring (bicyclic) bond motifs is 1. The van der Waals surface area contributed by atoms with Crippen LogP contribution < -0.4 is 5.32 Å². The van der Waals surface area contributed by atoms with Gasteiger partial charge < -0.3 is 0 Å². The fourth-order valence-electron chi connectivity index (χ4n) is 2.44. The average Bonchev–Trinajstić information content (AvgIpc) is 3.20. The minimum atomic E-state index is -0.264. The van der Waals surface area contributed by atoms with Crippen LogP contribution in [0.2, 0.25) is 5.02 Å². The molecule has 0 atom stereocenters. The molecule has 1 N–H and O–H groups in total. The highest BCUT2D eigenvalue weighted by Gasteiger charge is 2.19. The van der Waals surface area contributed by atoms with E-state index in [9.17, 15) is 4.79 Å². The van der Waals surface area contributed by atoms with Gasteiger partial charge in [0.1, 0.15) is 9.88 Å². The number of rotatable bonds is 3. The summed E-state index contributed by atoms with van der Waals surface area (Å²) in [5.74, 6) is -0.264. The van der Waals surface area contributed by atoms with Crippen molar-refractivity contribution in [3.63, 3.8) is 0 Å². The molecule has 2 heterocycles. The van der Waals surface area contributed by atoms with Crippen LogP contribution in [0, 0.1) is 6.92 Å². The number of anilines is 1. The van der Waals surface area contributed by atoms with Gasteiger partial charge in [-0.25, -0.2) is 0 Å². The molecule has 124 valence electrons. The molecule has 0 saturated carbocycles. The monoisotopic (exact) mass is 385 g/mol. The van der Waals surface area contributed by atoms with E-state index in [0.717, 1.165) is 26.2 Å². The third kappa shape index (κ3) is 3.16. The van der Waals surface area contributed by atoms with E-state index in [1.165, 1.54) is 22.7 Å². The van der Waals surface area contributed by atoms with E-state index in [1.54, 1.807) is 0 Å². The van der Waals surface area contributed by atoms with Crippen LogP contribution in [-0.4, -0.2) is 16.1 Å². The number of carbonyl (C=O) groups excluding carboxylic acids is 1. The van der Waals surface area contributed by atoms with Crippen molar-refractivity contribution in [2.45, 2.75) is 6.92 Å². The van der Waals surface area contributed by atoms with Crippen LogP contribution in [0.5, 0.6) is 0 Å². The Morgan fingerprint density at radius 3 is 2.68 bits per heavy atom. The van der Waals surface area contributed by atoms with Crippen molar-refractivity contribution < 1.29 is 4.79 Å². The van der Waals surface area contributed by atoms with Crippen LogP contribution in [-0.2, 0) is 0 Å². The van der Waals surface area contributed by atoms with Gasteiger partial charge in [0.05, 0.1) is 5.02 Å². The summed E-state index contributed by atoms with van der Waals surface area (Å²) in [5, 5.41) is 13.6. The van der Waals surface area contributed by atoms with Crippen LogP contribution in [0.25, 0.3) is 20.7 Å². The number of aromatic nitrogens is 2. The number of halogens is 1. The Balaban J connectivity index is 1.60. The Morgan fingerprint density at radius 1 is 1.08 bits per heavy atom. The van der Waals surface area contributed by atoms with Gasteiger partial charge in [-0.3, -0.25) is 10.1 Å². The van der Waals surface area contributed by atoms with E-state index in [1.807, 2.05) is 55.5 Å². The zero-order valence-electron chi connectivity index (χ0n) is 13.1. The van der Waals surface area contributed by atoms with Crippen molar-refractivity contribution in [2.24, 2.45) is 0 Å². The molecular formula is C18H12ClN3OS2. The first kappa shape index (κ1) is 16.2. The van der Waals surface area contributed by atoms with Crippen molar-refractivity contribution in [2.75, 3.05) is 5.32 Å². The van der Waals surface area contributed by atoms with Crippen LogP contribution in [0.1, 0.15) is 15.2 Å². The highest BCUT2D eigenvalue weighted by molar-refractivity contribution is 7.22.